The Morgan fingerprint density at radius 2 is 1.86 bits per heavy atom. The first-order valence-electron chi connectivity index (χ1n) is 7.27. The van der Waals surface area contributed by atoms with Crippen LogP contribution >= 0.6 is 0 Å². The molecule has 22 heavy (non-hydrogen) atoms. The molecule has 0 saturated carbocycles. The quantitative estimate of drug-likeness (QED) is 0.702. The zero-order valence-electron chi connectivity index (χ0n) is 13.4. The van der Waals surface area contributed by atoms with E-state index in [9.17, 15) is 20.1 Å². The number of hydrogen-bond acceptors (Lipinski definition) is 5. The van der Waals surface area contributed by atoms with Crippen LogP contribution < -0.4 is 5.63 Å². The molecule has 5 heteroatoms. The standard InChI is InChI=1S/C17H24O5/c1-5-10(2)17(21)11(3)6-7-14(19)12(4)15-8-13(18)9-16(20)22-15/h5-9,11-12,14,17-19,21H,1-4H3. The van der Waals surface area contributed by atoms with Gasteiger partial charge in [-0.15, -0.1) is 0 Å². The van der Waals surface area contributed by atoms with Gasteiger partial charge in [0, 0.05) is 17.9 Å². The lowest BCUT2D eigenvalue weighted by molar-refractivity contribution is 0.166. The van der Waals surface area contributed by atoms with Crippen LogP contribution in [0.15, 0.2) is 45.1 Å². The number of rotatable bonds is 6. The molecule has 0 aromatic carbocycles. The highest BCUT2D eigenvalue weighted by atomic mass is 16.4. The highest BCUT2D eigenvalue weighted by molar-refractivity contribution is 5.22. The van der Waals surface area contributed by atoms with Gasteiger partial charge in [-0.25, -0.2) is 4.79 Å². The fraction of sp³-hybridized carbons (Fsp3) is 0.471. The van der Waals surface area contributed by atoms with Gasteiger partial charge in [-0.1, -0.05) is 32.1 Å². The summed E-state index contributed by atoms with van der Waals surface area (Å²) in [7, 11) is 0. The largest absolute Gasteiger partial charge is 0.508 e. The van der Waals surface area contributed by atoms with Crippen LogP contribution in [0.25, 0.3) is 0 Å². The second kappa shape index (κ2) is 7.96. The molecule has 0 fully saturated rings. The van der Waals surface area contributed by atoms with Gasteiger partial charge in [-0.3, -0.25) is 0 Å². The summed E-state index contributed by atoms with van der Waals surface area (Å²) in [5.41, 5.74) is 0.198. The van der Waals surface area contributed by atoms with E-state index < -0.39 is 23.8 Å². The van der Waals surface area contributed by atoms with Crippen molar-refractivity contribution < 1.29 is 19.7 Å². The lowest BCUT2D eigenvalue weighted by atomic mass is 9.95. The summed E-state index contributed by atoms with van der Waals surface area (Å²) in [5.74, 6) is -0.640. The van der Waals surface area contributed by atoms with Gasteiger partial charge in [-0.05, 0) is 19.4 Å². The van der Waals surface area contributed by atoms with Crippen LogP contribution in [0.5, 0.6) is 5.75 Å². The minimum atomic E-state index is -0.898. The lowest BCUT2D eigenvalue weighted by Crippen LogP contribution is -2.19. The van der Waals surface area contributed by atoms with Gasteiger partial charge in [0.05, 0.1) is 18.3 Å². The number of aliphatic hydroxyl groups is 2. The molecule has 0 aliphatic rings. The molecule has 1 aromatic heterocycles. The molecule has 5 nitrogen and oxygen atoms in total. The van der Waals surface area contributed by atoms with Crippen molar-refractivity contribution in [3.05, 3.63) is 52.1 Å². The second-order valence-electron chi connectivity index (χ2n) is 5.54. The van der Waals surface area contributed by atoms with Gasteiger partial charge in [0.25, 0.3) is 0 Å². The Balaban J connectivity index is 2.81. The minimum Gasteiger partial charge on any atom is -0.508 e. The number of aromatic hydroxyl groups is 1. The molecule has 1 heterocycles. The molecular weight excluding hydrogens is 284 g/mol. The molecule has 0 saturated heterocycles. The summed E-state index contributed by atoms with van der Waals surface area (Å²) < 4.78 is 4.98. The normalized spacial score (nSPS) is 18.2. The second-order valence-corrected chi connectivity index (χ2v) is 5.54. The minimum absolute atomic E-state index is 0.158. The van der Waals surface area contributed by atoms with Crippen molar-refractivity contribution in [1.29, 1.82) is 0 Å². The zero-order valence-corrected chi connectivity index (χ0v) is 13.4. The average Bonchev–Trinajstić information content (AvgIpc) is 2.48. The highest BCUT2D eigenvalue weighted by Gasteiger charge is 2.19. The predicted octanol–water partition coefficient (Wildman–Crippen LogP) is 2.33. The molecule has 3 N–H and O–H groups in total. The Bertz CT molecular complexity index is 599. The van der Waals surface area contributed by atoms with E-state index in [-0.39, 0.29) is 17.4 Å². The molecule has 0 aliphatic carbocycles. The van der Waals surface area contributed by atoms with Gasteiger partial charge in [-0.2, -0.15) is 0 Å². The summed E-state index contributed by atoms with van der Waals surface area (Å²) in [6.45, 7) is 7.23. The van der Waals surface area contributed by atoms with Crippen molar-refractivity contribution in [2.24, 2.45) is 5.92 Å². The van der Waals surface area contributed by atoms with Gasteiger partial charge >= 0.3 is 5.63 Å². The Labute approximate surface area is 130 Å². The first-order valence-corrected chi connectivity index (χ1v) is 7.27. The number of hydrogen-bond donors (Lipinski definition) is 3. The molecular formula is C17H24O5. The van der Waals surface area contributed by atoms with Gasteiger partial charge in [0.15, 0.2) is 0 Å². The summed E-state index contributed by atoms with van der Waals surface area (Å²) in [6, 6.07) is 2.28. The maximum Gasteiger partial charge on any atom is 0.339 e. The molecule has 0 amide bonds. The van der Waals surface area contributed by atoms with Crippen LogP contribution in [0.4, 0.5) is 0 Å². The van der Waals surface area contributed by atoms with Crippen molar-refractivity contribution in [2.45, 2.75) is 45.8 Å². The molecule has 0 radical (unpaired) electrons. The summed E-state index contributed by atoms with van der Waals surface area (Å²) in [4.78, 5) is 11.2. The van der Waals surface area contributed by atoms with E-state index in [4.69, 9.17) is 4.42 Å². The zero-order chi connectivity index (χ0) is 16.9. The maximum atomic E-state index is 11.2. The van der Waals surface area contributed by atoms with E-state index in [2.05, 4.69) is 0 Å². The van der Waals surface area contributed by atoms with E-state index >= 15 is 0 Å². The molecule has 4 unspecified atom stereocenters. The fourth-order valence-corrected chi connectivity index (χ4v) is 2.02. The van der Waals surface area contributed by atoms with Gasteiger partial charge in [0.1, 0.15) is 11.5 Å². The summed E-state index contributed by atoms with van der Waals surface area (Å²) in [5, 5.41) is 29.6. The van der Waals surface area contributed by atoms with Crippen molar-refractivity contribution >= 4 is 0 Å². The summed E-state index contributed by atoms with van der Waals surface area (Å²) >= 11 is 0. The Morgan fingerprint density at radius 1 is 1.23 bits per heavy atom. The molecule has 122 valence electrons. The van der Waals surface area contributed by atoms with Crippen LogP contribution in [-0.2, 0) is 0 Å². The Hall–Kier alpha value is -1.85. The van der Waals surface area contributed by atoms with Crippen LogP contribution in [0.1, 0.15) is 39.4 Å². The average molecular weight is 308 g/mol. The fourth-order valence-electron chi connectivity index (χ4n) is 2.02. The highest BCUT2D eigenvalue weighted by Crippen LogP contribution is 2.23. The molecule has 0 bridgehead atoms. The van der Waals surface area contributed by atoms with Crippen LogP contribution in [-0.4, -0.2) is 27.5 Å². The van der Waals surface area contributed by atoms with E-state index in [1.807, 2.05) is 26.8 Å². The van der Waals surface area contributed by atoms with Crippen LogP contribution in [0.3, 0.4) is 0 Å². The van der Waals surface area contributed by atoms with Crippen molar-refractivity contribution in [1.82, 2.24) is 0 Å². The van der Waals surface area contributed by atoms with Gasteiger partial charge in [0.2, 0.25) is 0 Å². The van der Waals surface area contributed by atoms with E-state index in [1.54, 1.807) is 19.1 Å². The van der Waals surface area contributed by atoms with Crippen LogP contribution in [0.2, 0.25) is 0 Å². The van der Waals surface area contributed by atoms with Crippen molar-refractivity contribution in [3.8, 4) is 5.75 Å². The molecule has 4 atom stereocenters. The number of allylic oxidation sites excluding steroid dienone is 1. The lowest BCUT2D eigenvalue weighted by Gasteiger charge is -2.18. The molecule has 1 rings (SSSR count). The maximum absolute atomic E-state index is 11.2. The van der Waals surface area contributed by atoms with Crippen molar-refractivity contribution in [2.75, 3.05) is 0 Å². The van der Waals surface area contributed by atoms with E-state index in [0.717, 1.165) is 11.6 Å². The monoisotopic (exact) mass is 308 g/mol. The Kier molecular flexibility index (Phi) is 6.59. The third kappa shape index (κ3) is 4.86. The third-order valence-electron chi connectivity index (χ3n) is 3.77. The molecule has 0 spiro atoms. The van der Waals surface area contributed by atoms with E-state index in [0.29, 0.717) is 0 Å². The summed E-state index contributed by atoms with van der Waals surface area (Å²) in [6.07, 6.45) is 3.62. The third-order valence-corrected chi connectivity index (χ3v) is 3.77. The van der Waals surface area contributed by atoms with Crippen LogP contribution in [0, 0.1) is 5.92 Å². The molecule has 0 aliphatic heterocycles. The van der Waals surface area contributed by atoms with E-state index in [1.165, 1.54) is 6.07 Å². The SMILES string of the molecule is CC=C(C)C(O)C(C)C=CC(O)C(C)c1cc(O)cc(=O)o1. The Morgan fingerprint density at radius 3 is 2.41 bits per heavy atom. The predicted molar refractivity (Wildman–Crippen MR) is 84.8 cm³/mol. The van der Waals surface area contributed by atoms with Gasteiger partial charge < -0.3 is 19.7 Å². The number of aliphatic hydroxyl groups excluding tert-OH is 2. The first kappa shape index (κ1) is 18.2. The smallest absolute Gasteiger partial charge is 0.339 e. The topological polar surface area (TPSA) is 90.9 Å². The van der Waals surface area contributed by atoms with Crippen molar-refractivity contribution in [3.63, 3.8) is 0 Å². The first-order chi connectivity index (χ1) is 10.3. The molecule has 1 aromatic rings.